The van der Waals surface area contributed by atoms with Crippen LogP contribution in [0.4, 0.5) is 0 Å². The number of halogens is 2. The molecule has 0 aliphatic rings. The van der Waals surface area contributed by atoms with Crippen LogP contribution in [0.1, 0.15) is 18.1 Å². The van der Waals surface area contributed by atoms with Gasteiger partial charge < -0.3 is 15.4 Å². The lowest BCUT2D eigenvalue weighted by molar-refractivity contribution is 0.392. The van der Waals surface area contributed by atoms with Crippen LogP contribution in [0.2, 0.25) is 5.02 Å². The van der Waals surface area contributed by atoms with E-state index in [2.05, 4.69) is 26.7 Å². The summed E-state index contributed by atoms with van der Waals surface area (Å²) in [6.07, 6.45) is 2.59. The molecule has 0 bridgehead atoms. The summed E-state index contributed by atoms with van der Waals surface area (Å²) >= 11 is 6.01. The fourth-order valence-electron chi connectivity index (χ4n) is 2.25. The predicted octanol–water partition coefficient (Wildman–Crippen LogP) is 3.66. The third-order valence-corrected chi connectivity index (χ3v) is 3.63. The number of ether oxygens (including phenoxy) is 1. The summed E-state index contributed by atoms with van der Waals surface area (Å²) in [5, 5.41) is 7.33. The number of benzene rings is 1. The van der Waals surface area contributed by atoms with Gasteiger partial charge in [0, 0.05) is 29.9 Å². The molecule has 0 fully saturated rings. The second-order valence-corrected chi connectivity index (χ2v) is 5.61. The molecule has 0 aliphatic heterocycles. The molecular weight excluding hydrogens is 451 g/mol. The van der Waals surface area contributed by atoms with Crippen molar-refractivity contribution in [3.8, 4) is 5.88 Å². The molecule has 2 rings (SSSR count). The van der Waals surface area contributed by atoms with E-state index >= 15 is 0 Å². The molecular formula is C18H24ClIN4O. The van der Waals surface area contributed by atoms with Crippen LogP contribution < -0.4 is 15.4 Å². The second kappa shape index (κ2) is 11.9. The minimum Gasteiger partial charge on any atom is -0.481 e. The number of rotatable bonds is 7. The van der Waals surface area contributed by atoms with Crippen molar-refractivity contribution < 1.29 is 4.74 Å². The van der Waals surface area contributed by atoms with Crippen LogP contribution in [0, 0.1) is 0 Å². The number of pyridine rings is 1. The fourth-order valence-corrected chi connectivity index (χ4v) is 2.46. The first-order valence-electron chi connectivity index (χ1n) is 7.97. The van der Waals surface area contributed by atoms with E-state index in [-0.39, 0.29) is 24.0 Å². The first kappa shape index (κ1) is 21.5. The molecule has 0 radical (unpaired) electrons. The highest BCUT2D eigenvalue weighted by Gasteiger charge is 2.03. The molecule has 0 saturated carbocycles. The number of hydrogen-bond acceptors (Lipinski definition) is 3. The number of guanidine groups is 1. The maximum absolute atomic E-state index is 6.01. The van der Waals surface area contributed by atoms with Crippen LogP contribution in [0.3, 0.4) is 0 Å². The van der Waals surface area contributed by atoms with Crippen LogP contribution in [0.15, 0.2) is 47.6 Å². The quantitative estimate of drug-likeness (QED) is 0.365. The van der Waals surface area contributed by atoms with Crippen LogP contribution in [-0.4, -0.2) is 31.1 Å². The van der Waals surface area contributed by atoms with Crippen molar-refractivity contribution in [1.29, 1.82) is 0 Å². The molecule has 1 heterocycles. The molecule has 136 valence electrons. The van der Waals surface area contributed by atoms with Crippen molar-refractivity contribution in [2.75, 3.05) is 20.2 Å². The summed E-state index contributed by atoms with van der Waals surface area (Å²) in [6.45, 7) is 4.12. The molecule has 0 amide bonds. The Kier molecular flexibility index (Phi) is 10.3. The Morgan fingerprint density at radius 1 is 1.24 bits per heavy atom. The SMILES string of the molecule is CCNC(=NCc1cccnc1OC)NCCc1cccc(Cl)c1.I. The van der Waals surface area contributed by atoms with Gasteiger partial charge in [0.15, 0.2) is 5.96 Å². The lowest BCUT2D eigenvalue weighted by atomic mass is 10.1. The van der Waals surface area contributed by atoms with Crippen LogP contribution in [-0.2, 0) is 13.0 Å². The summed E-state index contributed by atoms with van der Waals surface area (Å²) in [5.74, 6) is 1.38. The van der Waals surface area contributed by atoms with E-state index in [1.807, 2.05) is 37.3 Å². The minimum atomic E-state index is 0. The molecule has 5 nitrogen and oxygen atoms in total. The molecule has 1 aromatic heterocycles. The Morgan fingerprint density at radius 3 is 2.80 bits per heavy atom. The van der Waals surface area contributed by atoms with Gasteiger partial charge in [-0.25, -0.2) is 9.98 Å². The summed E-state index contributed by atoms with van der Waals surface area (Å²) < 4.78 is 5.25. The van der Waals surface area contributed by atoms with E-state index in [9.17, 15) is 0 Å². The van der Waals surface area contributed by atoms with E-state index in [1.165, 1.54) is 5.56 Å². The summed E-state index contributed by atoms with van der Waals surface area (Å²) in [5.41, 5.74) is 2.15. The number of methoxy groups -OCH3 is 1. The molecule has 2 aromatic rings. The van der Waals surface area contributed by atoms with Gasteiger partial charge in [0.1, 0.15) is 0 Å². The molecule has 1 aromatic carbocycles. The average molecular weight is 475 g/mol. The Morgan fingerprint density at radius 2 is 2.08 bits per heavy atom. The Labute approximate surface area is 171 Å². The first-order chi connectivity index (χ1) is 11.7. The van der Waals surface area contributed by atoms with E-state index in [0.29, 0.717) is 12.4 Å². The highest BCUT2D eigenvalue weighted by Crippen LogP contribution is 2.14. The van der Waals surface area contributed by atoms with Gasteiger partial charge in [0.25, 0.3) is 0 Å². The van der Waals surface area contributed by atoms with Gasteiger partial charge in [0.05, 0.1) is 13.7 Å². The average Bonchev–Trinajstić information content (AvgIpc) is 2.60. The van der Waals surface area contributed by atoms with E-state index in [4.69, 9.17) is 16.3 Å². The molecule has 0 unspecified atom stereocenters. The van der Waals surface area contributed by atoms with Gasteiger partial charge in [-0.3, -0.25) is 0 Å². The molecule has 0 aliphatic carbocycles. The van der Waals surface area contributed by atoms with Crippen molar-refractivity contribution in [2.24, 2.45) is 4.99 Å². The summed E-state index contributed by atoms with van der Waals surface area (Å²) in [4.78, 5) is 8.78. The Hall–Kier alpha value is -1.54. The molecule has 25 heavy (non-hydrogen) atoms. The van der Waals surface area contributed by atoms with Crippen molar-refractivity contribution in [2.45, 2.75) is 19.9 Å². The van der Waals surface area contributed by atoms with E-state index < -0.39 is 0 Å². The molecule has 0 atom stereocenters. The van der Waals surface area contributed by atoms with E-state index in [0.717, 1.165) is 36.1 Å². The van der Waals surface area contributed by atoms with Crippen LogP contribution >= 0.6 is 35.6 Å². The summed E-state index contributed by atoms with van der Waals surface area (Å²) in [7, 11) is 1.62. The molecule has 2 N–H and O–H groups in total. The minimum absolute atomic E-state index is 0. The first-order valence-corrected chi connectivity index (χ1v) is 8.35. The van der Waals surface area contributed by atoms with Crippen LogP contribution in [0.25, 0.3) is 0 Å². The van der Waals surface area contributed by atoms with Gasteiger partial charge in [0.2, 0.25) is 5.88 Å². The molecule has 0 spiro atoms. The normalized spacial score (nSPS) is 10.8. The highest BCUT2D eigenvalue weighted by atomic mass is 127. The Balaban J connectivity index is 0.00000312. The van der Waals surface area contributed by atoms with Gasteiger partial charge in [-0.05, 0) is 37.1 Å². The Bertz CT molecular complexity index is 682. The largest absolute Gasteiger partial charge is 0.481 e. The molecule has 0 saturated heterocycles. The standard InChI is InChI=1S/C18H23ClN4O.HI/c1-3-20-18(22-11-9-14-6-4-8-16(19)12-14)23-13-15-7-5-10-21-17(15)24-2;/h4-8,10,12H,3,9,11,13H2,1-2H3,(H2,20,22,23);1H. The van der Waals surface area contributed by atoms with Gasteiger partial charge in [-0.15, -0.1) is 24.0 Å². The zero-order valence-electron chi connectivity index (χ0n) is 14.5. The number of hydrogen-bond donors (Lipinski definition) is 2. The van der Waals surface area contributed by atoms with Gasteiger partial charge >= 0.3 is 0 Å². The maximum Gasteiger partial charge on any atom is 0.218 e. The topological polar surface area (TPSA) is 58.5 Å². The van der Waals surface area contributed by atoms with Crippen molar-refractivity contribution in [1.82, 2.24) is 15.6 Å². The number of aromatic nitrogens is 1. The van der Waals surface area contributed by atoms with Crippen molar-refractivity contribution in [3.63, 3.8) is 0 Å². The number of nitrogens with zero attached hydrogens (tertiary/aromatic N) is 2. The third kappa shape index (κ3) is 7.48. The van der Waals surface area contributed by atoms with Crippen LogP contribution in [0.5, 0.6) is 5.88 Å². The smallest absolute Gasteiger partial charge is 0.218 e. The van der Waals surface area contributed by atoms with Gasteiger partial charge in [-0.1, -0.05) is 29.8 Å². The number of aliphatic imine (C=N–C) groups is 1. The van der Waals surface area contributed by atoms with Gasteiger partial charge in [-0.2, -0.15) is 0 Å². The summed E-state index contributed by atoms with van der Waals surface area (Å²) in [6, 6.07) is 11.7. The van der Waals surface area contributed by atoms with Crippen molar-refractivity contribution in [3.05, 3.63) is 58.7 Å². The maximum atomic E-state index is 6.01. The van der Waals surface area contributed by atoms with E-state index in [1.54, 1.807) is 13.3 Å². The lowest BCUT2D eigenvalue weighted by Gasteiger charge is -2.12. The second-order valence-electron chi connectivity index (χ2n) is 5.17. The fraction of sp³-hybridized carbons (Fsp3) is 0.333. The predicted molar refractivity (Wildman–Crippen MR) is 114 cm³/mol. The molecule has 7 heteroatoms. The third-order valence-electron chi connectivity index (χ3n) is 3.39. The lowest BCUT2D eigenvalue weighted by Crippen LogP contribution is -2.38. The van der Waals surface area contributed by atoms with Crippen molar-refractivity contribution >= 4 is 41.5 Å². The number of nitrogens with one attached hydrogen (secondary N) is 2. The monoisotopic (exact) mass is 474 g/mol. The zero-order chi connectivity index (χ0) is 17.2. The zero-order valence-corrected chi connectivity index (χ0v) is 17.5. The highest BCUT2D eigenvalue weighted by molar-refractivity contribution is 14.0.